The maximum atomic E-state index is 13.6. The van der Waals surface area contributed by atoms with Crippen LogP contribution in [0.2, 0.25) is 0 Å². The molecule has 2 amide bonds. The highest BCUT2D eigenvalue weighted by Crippen LogP contribution is 2.48. The Bertz CT molecular complexity index is 830. The van der Waals surface area contributed by atoms with Crippen LogP contribution < -0.4 is 10.6 Å². The summed E-state index contributed by atoms with van der Waals surface area (Å²) in [5.41, 5.74) is 0.899. The molecular weight excluding hydrogens is 434 g/mol. The first-order valence-corrected chi connectivity index (χ1v) is 13.2. The van der Waals surface area contributed by atoms with E-state index in [0.29, 0.717) is 0 Å². The van der Waals surface area contributed by atoms with Gasteiger partial charge < -0.3 is 10.6 Å². The average Bonchev–Trinajstić information content (AvgIpc) is 2.70. The fraction of sp³-hybridized carbons (Fsp3) is 0.767. The summed E-state index contributed by atoms with van der Waals surface area (Å²) >= 11 is 0. The lowest BCUT2D eigenvalue weighted by Gasteiger charge is -2.47. The van der Waals surface area contributed by atoms with Crippen LogP contribution in [0.25, 0.3) is 0 Å². The van der Waals surface area contributed by atoms with E-state index in [2.05, 4.69) is 90.1 Å². The van der Waals surface area contributed by atoms with Crippen molar-refractivity contribution in [2.24, 2.45) is 39.9 Å². The Kier molecular flexibility index (Phi) is 10.2. The largest absolute Gasteiger partial charge is 0.338 e. The summed E-state index contributed by atoms with van der Waals surface area (Å²) in [5.74, 6) is -0.0597. The molecule has 0 aliphatic rings. The molecule has 0 aromatic carbocycles. The summed E-state index contributed by atoms with van der Waals surface area (Å²) in [6.45, 7) is 28.3. The van der Waals surface area contributed by atoms with Gasteiger partial charge in [-0.1, -0.05) is 90.0 Å². The van der Waals surface area contributed by atoms with Gasteiger partial charge in [-0.15, -0.1) is 0 Å². The van der Waals surface area contributed by atoms with Gasteiger partial charge in [-0.25, -0.2) is 0 Å². The lowest BCUT2D eigenvalue weighted by atomic mass is 9.57. The van der Waals surface area contributed by atoms with Crippen LogP contribution in [0, 0.1) is 39.9 Å². The molecule has 5 nitrogen and oxygen atoms in total. The average molecular weight is 488 g/mol. The van der Waals surface area contributed by atoms with Crippen LogP contribution >= 0.6 is 0 Å². The minimum Gasteiger partial charge on any atom is -0.338 e. The Balaban J connectivity index is 3.16. The maximum Gasteiger partial charge on any atom is 0.225 e. The van der Waals surface area contributed by atoms with Crippen molar-refractivity contribution in [2.75, 3.05) is 6.67 Å². The van der Waals surface area contributed by atoms with Gasteiger partial charge in [0.1, 0.15) is 0 Å². The van der Waals surface area contributed by atoms with Crippen molar-refractivity contribution in [3.63, 3.8) is 0 Å². The Morgan fingerprint density at radius 1 is 0.800 bits per heavy atom. The monoisotopic (exact) mass is 487 g/mol. The number of nitrogens with one attached hydrogen (secondary N) is 2. The van der Waals surface area contributed by atoms with Crippen LogP contribution in [0.5, 0.6) is 0 Å². The second-order valence-corrected chi connectivity index (χ2v) is 14.2. The maximum absolute atomic E-state index is 13.6. The lowest BCUT2D eigenvalue weighted by molar-refractivity contribution is -0.132. The third-order valence-electron chi connectivity index (χ3n) is 7.99. The van der Waals surface area contributed by atoms with Gasteiger partial charge in [0.25, 0.3) is 0 Å². The lowest BCUT2D eigenvalue weighted by Crippen LogP contribution is -2.50. The molecule has 0 fully saturated rings. The van der Waals surface area contributed by atoms with E-state index in [1.54, 1.807) is 0 Å². The van der Waals surface area contributed by atoms with Crippen molar-refractivity contribution in [1.82, 2.24) is 15.6 Å². The standard InChI is InChI=1S/C30H53N3O2/c1-20(21(2)30(13,18-27(4,5)6)23-14-16-31-17-15-23)24(29(10,11)12)26(35)33-19-32-25(34)22(3)28(7,8)9/h14-17,20-22,24H,18-19H2,1-13H3,(H,32,34)(H,33,35). The highest BCUT2D eigenvalue weighted by atomic mass is 16.2. The SMILES string of the molecule is CC(C(C(=O)NCNC(=O)C(C)C(C)(C)C)C(C)(C)C)C(C)C(C)(CC(C)(C)C)c1ccncc1. The van der Waals surface area contributed by atoms with E-state index in [0.717, 1.165) is 6.42 Å². The van der Waals surface area contributed by atoms with Crippen LogP contribution in [0.4, 0.5) is 0 Å². The number of hydrogen-bond donors (Lipinski definition) is 2. The zero-order valence-electron chi connectivity index (χ0n) is 24.8. The van der Waals surface area contributed by atoms with Crippen molar-refractivity contribution in [1.29, 1.82) is 0 Å². The predicted molar refractivity (Wildman–Crippen MR) is 147 cm³/mol. The molecule has 0 aliphatic heterocycles. The zero-order chi connectivity index (χ0) is 27.4. The molecule has 5 unspecified atom stereocenters. The van der Waals surface area contributed by atoms with Crippen LogP contribution in [0.3, 0.4) is 0 Å². The first-order chi connectivity index (χ1) is 15.7. The summed E-state index contributed by atoms with van der Waals surface area (Å²) in [6, 6.07) is 4.24. The molecule has 0 saturated heterocycles. The summed E-state index contributed by atoms with van der Waals surface area (Å²) in [6.07, 6.45) is 4.72. The molecule has 5 heteroatoms. The van der Waals surface area contributed by atoms with Crippen LogP contribution in [-0.2, 0) is 15.0 Å². The topological polar surface area (TPSA) is 71.1 Å². The van der Waals surface area contributed by atoms with Crippen molar-refractivity contribution < 1.29 is 9.59 Å². The Morgan fingerprint density at radius 3 is 1.71 bits per heavy atom. The van der Waals surface area contributed by atoms with E-state index in [9.17, 15) is 9.59 Å². The number of carbonyl (C=O) groups excluding carboxylic acids is 2. The van der Waals surface area contributed by atoms with Crippen molar-refractivity contribution in [2.45, 2.75) is 102 Å². The van der Waals surface area contributed by atoms with E-state index < -0.39 is 0 Å². The second-order valence-electron chi connectivity index (χ2n) is 14.2. The summed E-state index contributed by atoms with van der Waals surface area (Å²) in [4.78, 5) is 30.3. The fourth-order valence-corrected chi connectivity index (χ4v) is 5.52. The smallest absolute Gasteiger partial charge is 0.225 e. The van der Waals surface area contributed by atoms with Crippen LogP contribution in [0.1, 0.15) is 102 Å². The molecule has 35 heavy (non-hydrogen) atoms. The van der Waals surface area contributed by atoms with E-state index >= 15 is 0 Å². The Labute approximate surface area is 215 Å². The molecule has 1 aromatic rings. The van der Waals surface area contributed by atoms with Crippen molar-refractivity contribution in [3.8, 4) is 0 Å². The van der Waals surface area contributed by atoms with Gasteiger partial charge in [-0.05, 0) is 57.6 Å². The van der Waals surface area contributed by atoms with Crippen molar-refractivity contribution in [3.05, 3.63) is 30.1 Å². The van der Waals surface area contributed by atoms with Gasteiger partial charge in [-0.3, -0.25) is 14.6 Å². The molecule has 0 radical (unpaired) electrons. The van der Waals surface area contributed by atoms with E-state index in [1.807, 2.05) is 40.1 Å². The number of aromatic nitrogens is 1. The molecule has 0 spiro atoms. The molecular formula is C30H53N3O2. The van der Waals surface area contributed by atoms with Gasteiger partial charge in [-0.2, -0.15) is 0 Å². The zero-order valence-corrected chi connectivity index (χ0v) is 24.8. The fourth-order valence-electron chi connectivity index (χ4n) is 5.52. The molecule has 0 saturated carbocycles. The Morgan fingerprint density at radius 2 is 1.29 bits per heavy atom. The third-order valence-corrected chi connectivity index (χ3v) is 7.99. The molecule has 0 bridgehead atoms. The van der Waals surface area contributed by atoms with Gasteiger partial charge in [0, 0.05) is 24.2 Å². The first-order valence-electron chi connectivity index (χ1n) is 13.2. The molecule has 0 aliphatic carbocycles. The van der Waals surface area contributed by atoms with E-state index in [-0.39, 0.29) is 63.8 Å². The summed E-state index contributed by atoms with van der Waals surface area (Å²) in [5, 5.41) is 5.92. The van der Waals surface area contributed by atoms with Crippen molar-refractivity contribution >= 4 is 11.8 Å². The van der Waals surface area contributed by atoms with Crippen LogP contribution in [-0.4, -0.2) is 23.5 Å². The number of hydrogen-bond acceptors (Lipinski definition) is 3. The number of nitrogens with zero attached hydrogens (tertiary/aromatic N) is 1. The molecule has 1 heterocycles. The number of rotatable bonds is 9. The molecule has 200 valence electrons. The summed E-state index contributed by atoms with van der Waals surface area (Å²) in [7, 11) is 0. The number of amides is 2. The Hall–Kier alpha value is -1.91. The quantitative estimate of drug-likeness (QED) is 0.386. The third kappa shape index (κ3) is 8.61. The minimum absolute atomic E-state index is 0.00611. The molecule has 2 N–H and O–H groups in total. The van der Waals surface area contributed by atoms with E-state index in [4.69, 9.17) is 0 Å². The van der Waals surface area contributed by atoms with Gasteiger partial charge >= 0.3 is 0 Å². The van der Waals surface area contributed by atoms with E-state index in [1.165, 1.54) is 5.56 Å². The normalized spacial score (nSPS) is 18.1. The number of pyridine rings is 1. The number of carbonyl (C=O) groups is 2. The van der Waals surface area contributed by atoms with Gasteiger partial charge in [0.05, 0.1) is 6.67 Å². The predicted octanol–water partition coefficient (Wildman–Crippen LogP) is 6.58. The summed E-state index contributed by atoms with van der Waals surface area (Å²) < 4.78 is 0. The molecule has 1 aromatic heterocycles. The minimum atomic E-state index is -0.235. The highest BCUT2D eigenvalue weighted by Gasteiger charge is 2.45. The van der Waals surface area contributed by atoms with Crippen LogP contribution in [0.15, 0.2) is 24.5 Å². The molecule has 5 atom stereocenters. The highest BCUT2D eigenvalue weighted by molar-refractivity contribution is 5.82. The van der Waals surface area contributed by atoms with Gasteiger partial charge in [0.2, 0.25) is 11.8 Å². The second kappa shape index (κ2) is 11.4. The first kappa shape index (κ1) is 31.1. The molecule has 1 rings (SSSR count). The van der Waals surface area contributed by atoms with Gasteiger partial charge in [0.15, 0.2) is 0 Å².